The Morgan fingerprint density at radius 3 is 2.86 bits per heavy atom. The van der Waals surface area contributed by atoms with Gasteiger partial charge in [0, 0.05) is 11.6 Å². The molecular formula is C9H4FN3S. The molecule has 0 N–H and O–H groups in total. The molecular weight excluding hydrogens is 201 g/mol. The Bertz CT molecular complexity index is 487. The molecule has 2 rings (SSSR count). The summed E-state index contributed by atoms with van der Waals surface area (Å²) in [6.45, 7) is 0. The normalized spacial score (nSPS) is 9.71. The molecule has 0 amide bonds. The summed E-state index contributed by atoms with van der Waals surface area (Å²) in [4.78, 5) is 7.63. The molecule has 2 aromatic heterocycles. The topological polar surface area (TPSA) is 49.6 Å². The molecule has 0 aliphatic carbocycles. The fourth-order valence-electron chi connectivity index (χ4n) is 0.987. The molecule has 2 heterocycles. The van der Waals surface area contributed by atoms with Gasteiger partial charge >= 0.3 is 0 Å². The molecule has 68 valence electrons. The van der Waals surface area contributed by atoms with Crippen molar-refractivity contribution in [3.8, 4) is 16.8 Å². The van der Waals surface area contributed by atoms with Crippen LogP contribution in [-0.4, -0.2) is 9.97 Å². The summed E-state index contributed by atoms with van der Waals surface area (Å²) in [5, 5.41) is 10.9. The summed E-state index contributed by atoms with van der Waals surface area (Å²) in [5.41, 5.74) is 0.404. The van der Waals surface area contributed by atoms with Gasteiger partial charge < -0.3 is 0 Å². The van der Waals surface area contributed by atoms with Gasteiger partial charge in [-0.25, -0.2) is 9.97 Å². The van der Waals surface area contributed by atoms with Crippen molar-refractivity contribution in [2.75, 3.05) is 0 Å². The Morgan fingerprint density at radius 1 is 1.43 bits per heavy atom. The van der Waals surface area contributed by atoms with Crippen LogP contribution in [0.3, 0.4) is 0 Å². The van der Waals surface area contributed by atoms with E-state index in [1.54, 1.807) is 23.7 Å². The molecule has 0 aliphatic heterocycles. The van der Waals surface area contributed by atoms with E-state index in [0.717, 1.165) is 0 Å². The molecule has 0 spiro atoms. The van der Waals surface area contributed by atoms with Crippen LogP contribution >= 0.6 is 11.3 Å². The summed E-state index contributed by atoms with van der Waals surface area (Å²) < 4.78 is 13.1. The summed E-state index contributed by atoms with van der Waals surface area (Å²) in [6.07, 6.45) is 1.62. The van der Waals surface area contributed by atoms with Gasteiger partial charge in [-0.3, -0.25) is 0 Å². The van der Waals surface area contributed by atoms with Crippen LogP contribution in [0.25, 0.3) is 10.7 Å². The monoisotopic (exact) mass is 205 g/mol. The van der Waals surface area contributed by atoms with Gasteiger partial charge in [-0.2, -0.15) is 9.65 Å². The van der Waals surface area contributed by atoms with Crippen LogP contribution in [0, 0.1) is 17.3 Å². The maximum atomic E-state index is 13.1. The lowest BCUT2D eigenvalue weighted by Gasteiger charge is -1.96. The third kappa shape index (κ3) is 1.47. The number of hydrogen-bond acceptors (Lipinski definition) is 4. The minimum Gasteiger partial charge on any atom is -0.243 e. The van der Waals surface area contributed by atoms with Gasteiger partial charge in [0.2, 0.25) is 5.95 Å². The van der Waals surface area contributed by atoms with Crippen LogP contribution < -0.4 is 0 Å². The van der Waals surface area contributed by atoms with E-state index in [2.05, 4.69) is 9.97 Å². The summed E-state index contributed by atoms with van der Waals surface area (Å²) in [6, 6.07) is 4.70. The zero-order chi connectivity index (χ0) is 9.97. The van der Waals surface area contributed by atoms with Crippen molar-refractivity contribution >= 4 is 11.3 Å². The standard InChI is InChI=1S/C9H4FN3S/c10-8-6(5-11)1-2-7(13-8)9-12-3-4-14-9/h1-4H. The highest BCUT2D eigenvalue weighted by atomic mass is 32.1. The first-order valence-electron chi connectivity index (χ1n) is 3.78. The van der Waals surface area contributed by atoms with Gasteiger partial charge in [0.25, 0.3) is 0 Å². The van der Waals surface area contributed by atoms with E-state index >= 15 is 0 Å². The molecule has 3 nitrogen and oxygen atoms in total. The summed E-state index contributed by atoms with van der Waals surface area (Å²) >= 11 is 1.37. The Balaban J connectivity index is 2.49. The van der Waals surface area contributed by atoms with Crippen molar-refractivity contribution < 1.29 is 4.39 Å². The Kier molecular flexibility index (Phi) is 2.21. The number of nitriles is 1. The molecule has 0 fully saturated rings. The molecule has 0 saturated heterocycles. The first-order valence-corrected chi connectivity index (χ1v) is 4.66. The van der Waals surface area contributed by atoms with Crippen molar-refractivity contribution in [2.24, 2.45) is 0 Å². The van der Waals surface area contributed by atoms with Gasteiger partial charge in [0.15, 0.2) is 0 Å². The van der Waals surface area contributed by atoms with Crippen molar-refractivity contribution in [3.05, 3.63) is 35.2 Å². The Hall–Kier alpha value is -1.80. The maximum absolute atomic E-state index is 13.1. The van der Waals surface area contributed by atoms with Crippen LogP contribution in [0.4, 0.5) is 4.39 Å². The molecule has 0 saturated carbocycles. The maximum Gasteiger partial charge on any atom is 0.231 e. The zero-order valence-corrected chi connectivity index (χ0v) is 7.75. The zero-order valence-electron chi connectivity index (χ0n) is 6.94. The first-order chi connectivity index (χ1) is 6.81. The molecule has 0 unspecified atom stereocenters. The van der Waals surface area contributed by atoms with Gasteiger partial charge in [0.05, 0.1) is 0 Å². The van der Waals surface area contributed by atoms with Gasteiger partial charge in [-0.05, 0) is 12.1 Å². The molecule has 2 aromatic rings. The third-order valence-electron chi connectivity index (χ3n) is 1.62. The largest absolute Gasteiger partial charge is 0.243 e. The third-order valence-corrected chi connectivity index (χ3v) is 2.42. The Labute approximate surface area is 83.5 Å². The van der Waals surface area contributed by atoms with Crippen LogP contribution in [0.5, 0.6) is 0 Å². The first kappa shape index (κ1) is 8.78. The average molecular weight is 205 g/mol. The lowest BCUT2D eigenvalue weighted by molar-refractivity contribution is 0.581. The predicted octanol–water partition coefficient (Wildman–Crippen LogP) is 2.22. The molecule has 0 radical (unpaired) electrons. The quantitative estimate of drug-likeness (QED) is 0.670. The van der Waals surface area contributed by atoms with Gasteiger partial charge in [0.1, 0.15) is 22.3 Å². The van der Waals surface area contributed by atoms with E-state index in [1.165, 1.54) is 17.4 Å². The number of aromatic nitrogens is 2. The van der Waals surface area contributed by atoms with Gasteiger partial charge in [-0.1, -0.05) is 0 Å². The average Bonchev–Trinajstić information content (AvgIpc) is 2.70. The van der Waals surface area contributed by atoms with E-state index in [9.17, 15) is 4.39 Å². The highest BCUT2D eigenvalue weighted by Crippen LogP contribution is 2.20. The van der Waals surface area contributed by atoms with Crippen LogP contribution in [0.15, 0.2) is 23.7 Å². The second-order valence-corrected chi connectivity index (χ2v) is 3.38. The van der Waals surface area contributed by atoms with Crippen molar-refractivity contribution in [3.63, 3.8) is 0 Å². The lowest BCUT2D eigenvalue weighted by atomic mass is 10.2. The smallest absolute Gasteiger partial charge is 0.231 e. The number of rotatable bonds is 1. The number of halogens is 1. The predicted molar refractivity (Wildman–Crippen MR) is 50.0 cm³/mol. The van der Waals surface area contributed by atoms with Crippen molar-refractivity contribution in [2.45, 2.75) is 0 Å². The number of pyridine rings is 1. The van der Waals surface area contributed by atoms with E-state index < -0.39 is 5.95 Å². The lowest BCUT2D eigenvalue weighted by Crippen LogP contribution is -1.91. The highest BCUT2D eigenvalue weighted by Gasteiger charge is 2.07. The number of nitrogens with zero attached hydrogens (tertiary/aromatic N) is 3. The van der Waals surface area contributed by atoms with Crippen LogP contribution in [0.1, 0.15) is 5.56 Å². The summed E-state index contributed by atoms with van der Waals surface area (Å²) in [5.74, 6) is -0.750. The van der Waals surface area contributed by atoms with E-state index in [-0.39, 0.29) is 5.56 Å². The molecule has 14 heavy (non-hydrogen) atoms. The minimum atomic E-state index is -0.750. The molecule has 0 aliphatic rings. The molecule has 5 heteroatoms. The van der Waals surface area contributed by atoms with Crippen molar-refractivity contribution in [1.29, 1.82) is 5.26 Å². The van der Waals surface area contributed by atoms with Crippen molar-refractivity contribution in [1.82, 2.24) is 9.97 Å². The Morgan fingerprint density at radius 2 is 2.29 bits per heavy atom. The SMILES string of the molecule is N#Cc1ccc(-c2nccs2)nc1F. The molecule has 0 bridgehead atoms. The van der Waals surface area contributed by atoms with Crippen LogP contribution in [0.2, 0.25) is 0 Å². The van der Waals surface area contributed by atoms with Gasteiger partial charge in [-0.15, -0.1) is 11.3 Å². The number of thiazole rings is 1. The minimum absolute atomic E-state index is 0.0506. The number of hydrogen-bond donors (Lipinski definition) is 0. The van der Waals surface area contributed by atoms with E-state index in [0.29, 0.717) is 10.7 Å². The molecule has 0 aromatic carbocycles. The highest BCUT2D eigenvalue weighted by molar-refractivity contribution is 7.13. The fourth-order valence-corrected chi connectivity index (χ4v) is 1.59. The van der Waals surface area contributed by atoms with Crippen LogP contribution in [-0.2, 0) is 0 Å². The van der Waals surface area contributed by atoms with E-state index in [4.69, 9.17) is 5.26 Å². The van der Waals surface area contributed by atoms with E-state index in [1.807, 2.05) is 0 Å². The second-order valence-electron chi connectivity index (χ2n) is 2.48. The summed E-state index contributed by atoms with van der Waals surface area (Å²) in [7, 11) is 0. The fraction of sp³-hybridized carbons (Fsp3) is 0. The second kappa shape index (κ2) is 3.52. The molecule has 0 atom stereocenters.